The first-order chi connectivity index (χ1) is 8.63. The second-order valence-corrected chi connectivity index (χ2v) is 5.76. The fourth-order valence-corrected chi connectivity index (χ4v) is 3.30. The number of anilines is 1. The zero-order chi connectivity index (χ0) is 12.8. The molecule has 0 radical (unpaired) electrons. The van der Waals surface area contributed by atoms with E-state index in [0.717, 1.165) is 19.4 Å². The van der Waals surface area contributed by atoms with Gasteiger partial charge in [-0.3, -0.25) is 4.79 Å². The van der Waals surface area contributed by atoms with Gasteiger partial charge in [0.2, 0.25) is 5.91 Å². The van der Waals surface area contributed by atoms with E-state index in [4.69, 9.17) is 0 Å². The first-order valence-electron chi connectivity index (χ1n) is 6.69. The van der Waals surface area contributed by atoms with Crippen molar-refractivity contribution in [3.05, 3.63) is 29.8 Å². The molecule has 96 valence electrons. The first kappa shape index (κ1) is 11.6. The van der Waals surface area contributed by atoms with Gasteiger partial charge in [0.15, 0.2) is 0 Å². The van der Waals surface area contributed by atoms with Crippen LogP contribution in [0, 0.1) is 5.41 Å². The third-order valence-electron chi connectivity index (χ3n) is 4.64. The molecule has 1 aliphatic carbocycles. The molecule has 1 amide bonds. The summed E-state index contributed by atoms with van der Waals surface area (Å²) < 4.78 is 0. The highest BCUT2D eigenvalue weighted by Crippen LogP contribution is 2.54. The molecule has 1 spiro atoms. The lowest BCUT2D eigenvalue weighted by Crippen LogP contribution is -2.40. The molecule has 1 aromatic carbocycles. The lowest BCUT2D eigenvalue weighted by Gasteiger charge is -2.40. The summed E-state index contributed by atoms with van der Waals surface area (Å²) in [6.45, 7) is 0.806. The van der Waals surface area contributed by atoms with Crippen molar-refractivity contribution in [3.8, 4) is 0 Å². The largest absolute Gasteiger partial charge is 0.378 e. The summed E-state index contributed by atoms with van der Waals surface area (Å²) in [4.78, 5) is 14.1. The third kappa shape index (κ3) is 1.53. The molecule has 3 heteroatoms. The Kier molecular flexibility index (Phi) is 2.58. The Morgan fingerprint density at radius 1 is 1.22 bits per heavy atom. The molecule has 18 heavy (non-hydrogen) atoms. The standard InChI is InChI=1S/C15H20N2O/c1-17(2)12-6-4-11(5-7-12)13-10-16-14(18)15(13)8-3-9-15/h4-7,13H,3,8-10H2,1-2H3,(H,16,18)/t13-/m0/s1. The number of hydrogen-bond acceptors (Lipinski definition) is 2. The highest BCUT2D eigenvalue weighted by molar-refractivity contribution is 5.87. The monoisotopic (exact) mass is 244 g/mol. The van der Waals surface area contributed by atoms with E-state index in [0.29, 0.717) is 5.92 Å². The average molecular weight is 244 g/mol. The lowest BCUT2D eigenvalue weighted by atomic mass is 9.61. The summed E-state index contributed by atoms with van der Waals surface area (Å²) in [6, 6.07) is 8.65. The minimum absolute atomic E-state index is 0.0837. The van der Waals surface area contributed by atoms with Crippen molar-refractivity contribution in [2.24, 2.45) is 5.41 Å². The van der Waals surface area contributed by atoms with Crippen LogP contribution in [-0.4, -0.2) is 26.5 Å². The van der Waals surface area contributed by atoms with Crippen molar-refractivity contribution in [1.82, 2.24) is 5.32 Å². The summed E-state index contributed by atoms with van der Waals surface area (Å²) in [5, 5.41) is 3.05. The van der Waals surface area contributed by atoms with Gasteiger partial charge in [-0.15, -0.1) is 0 Å². The maximum Gasteiger partial charge on any atom is 0.226 e. The van der Waals surface area contributed by atoms with Crippen molar-refractivity contribution >= 4 is 11.6 Å². The molecule has 1 aromatic rings. The van der Waals surface area contributed by atoms with E-state index >= 15 is 0 Å². The molecule has 2 fully saturated rings. The van der Waals surface area contributed by atoms with E-state index in [1.54, 1.807) is 0 Å². The molecule has 1 N–H and O–H groups in total. The second kappa shape index (κ2) is 4.01. The number of carbonyl (C=O) groups is 1. The minimum Gasteiger partial charge on any atom is -0.378 e. The fourth-order valence-electron chi connectivity index (χ4n) is 3.30. The molecule has 1 aliphatic heterocycles. The van der Waals surface area contributed by atoms with Crippen molar-refractivity contribution < 1.29 is 4.79 Å². The normalized spacial score (nSPS) is 24.8. The number of carbonyl (C=O) groups excluding carboxylic acids is 1. The van der Waals surface area contributed by atoms with Crippen LogP contribution >= 0.6 is 0 Å². The number of nitrogens with zero attached hydrogens (tertiary/aromatic N) is 1. The van der Waals surface area contributed by atoms with Gasteiger partial charge in [0.05, 0.1) is 5.41 Å². The Labute approximate surface area is 108 Å². The second-order valence-electron chi connectivity index (χ2n) is 5.76. The number of hydrogen-bond donors (Lipinski definition) is 1. The molecule has 1 saturated carbocycles. The zero-order valence-electron chi connectivity index (χ0n) is 11.1. The first-order valence-corrected chi connectivity index (χ1v) is 6.69. The Hall–Kier alpha value is -1.51. The van der Waals surface area contributed by atoms with Gasteiger partial charge in [-0.2, -0.15) is 0 Å². The molecular weight excluding hydrogens is 224 g/mol. The SMILES string of the molecule is CN(C)c1ccc([C@@H]2CNC(=O)C23CCC3)cc1. The summed E-state index contributed by atoms with van der Waals surface area (Å²) >= 11 is 0. The topological polar surface area (TPSA) is 32.3 Å². The third-order valence-corrected chi connectivity index (χ3v) is 4.64. The van der Waals surface area contributed by atoms with E-state index < -0.39 is 0 Å². The Bertz CT molecular complexity index is 460. The molecule has 2 aliphatic rings. The number of rotatable bonds is 2. The molecule has 1 saturated heterocycles. The zero-order valence-corrected chi connectivity index (χ0v) is 11.1. The number of nitrogens with one attached hydrogen (secondary N) is 1. The Morgan fingerprint density at radius 3 is 2.39 bits per heavy atom. The maximum absolute atomic E-state index is 12.0. The van der Waals surface area contributed by atoms with Crippen LogP contribution in [0.4, 0.5) is 5.69 Å². The van der Waals surface area contributed by atoms with Gasteiger partial charge < -0.3 is 10.2 Å². The molecule has 3 rings (SSSR count). The smallest absolute Gasteiger partial charge is 0.226 e. The number of amides is 1. The number of benzene rings is 1. The summed E-state index contributed by atoms with van der Waals surface area (Å²) in [5.74, 6) is 0.644. The van der Waals surface area contributed by atoms with Gasteiger partial charge in [0, 0.05) is 32.2 Å². The molecular formula is C15H20N2O. The predicted molar refractivity (Wildman–Crippen MR) is 72.8 cm³/mol. The van der Waals surface area contributed by atoms with Crippen LogP contribution in [-0.2, 0) is 4.79 Å². The summed E-state index contributed by atoms with van der Waals surface area (Å²) in [6.07, 6.45) is 3.30. The Morgan fingerprint density at radius 2 is 1.89 bits per heavy atom. The van der Waals surface area contributed by atoms with E-state index in [1.165, 1.54) is 17.7 Å². The summed E-state index contributed by atoms with van der Waals surface area (Å²) in [5.41, 5.74) is 2.43. The lowest BCUT2D eigenvalue weighted by molar-refractivity contribution is -0.132. The van der Waals surface area contributed by atoms with Gasteiger partial charge in [-0.05, 0) is 30.5 Å². The van der Waals surface area contributed by atoms with Crippen LogP contribution < -0.4 is 10.2 Å². The molecule has 1 atom stereocenters. The van der Waals surface area contributed by atoms with E-state index in [-0.39, 0.29) is 11.3 Å². The fraction of sp³-hybridized carbons (Fsp3) is 0.533. The van der Waals surface area contributed by atoms with Crippen molar-refractivity contribution in [2.75, 3.05) is 25.5 Å². The van der Waals surface area contributed by atoms with Crippen LogP contribution in [0.3, 0.4) is 0 Å². The minimum atomic E-state index is -0.0837. The van der Waals surface area contributed by atoms with Gasteiger partial charge in [-0.25, -0.2) is 0 Å². The van der Waals surface area contributed by atoms with E-state index in [9.17, 15) is 4.79 Å². The van der Waals surface area contributed by atoms with Crippen LogP contribution in [0.1, 0.15) is 30.7 Å². The van der Waals surface area contributed by atoms with E-state index in [2.05, 4.69) is 34.5 Å². The van der Waals surface area contributed by atoms with Crippen molar-refractivity contribution in [3.63, 3.8) is 0 Å². The van der Waals surface area contributed by atoms with Crippen LogP contribution in [0.25, 0.3) is 0 Å². The molecule has 1 heterocycles. The summed E-state index contributed by atoms with van der Waals surface area (Å²) in [7, 11) is 4.09. The van der Waals surface area contributed by atoms with Crippen molar-refractivity contribution in [1.29, 1.82) is 0 Å². The molecule has 0 bridgehead atoms. The van der Waals surface area contributed by atoms with Gasteiger partial charge in [-0.1, -0.05) is 18.6 Å². The van der Waals surface area contributed by atoms with Crippen molar-refractivity contribution in [2.45, 2.75) is 25.2 Å². The van der Waals surface area contributed by atoms with E-state index in [1.807, 2.05) is 14.1 Å². The van der Waals surface area contributed by atoms with Crippen LogP contribution in [0.5, 0.6) is 0 Å². The highest BCUT2D eigenvalue weighted by atomic mass is 16.2. The van der Waals surface area contributed by atoms with Gasteiger partial charge >= 0.3 is 0 Å². The maximum atomic E-state index is 12.0. The van der Waals surface area contributed by atoms with Gasteiger partial charge in [0.25, 0.3) is 0 Å². The Balaban J connectivity index is 1.88. The highest BCUT2D eigenvalue weighted by Gasteiger charge is 2.54. The van der Waals surface area contributed by atoms with Crippen LogP contribution in [0.15, 0.2) is 24.3 Å². The quantitative estimate of drug-likeness (QED) is 0.864. The van der Waals surface area contributed by atoms with Gasteiger partial charge in [0.1, 0.15) is 0 Å². The van der Waals surface area contributed by atoms with Crippen LogP contribution in [0.2, 0.25) is 0 Å². The molecule has 3 nitrogen and oxygen atoms in total. The average Bonchev–Trinajstić information content (AvgIpc) is 2.66. The molecule has 0 aromatic heterocycles. The molecule has 0 unspecified atom stereocenters. The predicted octanol–water partition coefficient (Wildman–Crippen LogP) is 2.14.